The van der Waals surface area contributed by atoms with Gasteiger partial charge >= 0.3 is 6.01 Å². The molecule has 0 saturated carbocycles. The molecule has 0 atom stereocenters. The Morgan fingerprint density at radius 2 is 1.81 bits per heavy atom. The van der Waals surface area contributed by atoms with Gasteiger partial charge in [-0.05, 0) is 91.4 Å². The number of nitrogens with zero attached hydrogens (tertiary/aromatic N) is 3. The quantitative estimate of drug-likeness (QED) is 0.309. The first kappa shape index (κ1) is 23.9. The second-order valence-electron chi connectivity index (χ2n) is 10.3. The van der Waals surface area contributed by atoms with Gasteiger partial charge in [-0.25, -0.2) is 0 Å². The summed E-state index contributed by atoms with van der Waals surface area (Å²) in [5, 5.41) is 16.9. The largest absolute Gasteiger partial charge is 0.508 e. The molecule has 3 aromatic carbocycles. The molecule has 6 rings (SSSR count). The first-order valence-corrected chi connectivity index (χ1v) is 13.2. The molecule has 0 bridgehead atoms. The Morgan fingerprint density at radius 3 is 2.62 bits per heavy atom. The number of fused-ring (bicyclic) bond motifs is 3. The van der Waals surface area contributed by atoms with Crippen LogP contribution < -0.4 is 10.1 Å². The fourth-order valence-electron chi connectivity index (χ4n) is 6.25. The molecule has 2 saturated heterocycles. The van der Waals surface area contributed by atoms with Crippen LogP contribution in [0, 0.1) is 6.92 Å². The summed E-state index contributed by atoms with van der Waals surface area (Å²) in [5.41, 5.74) is 4.01. The van der Waals surface area contributed by atoms with Crippen molar-refractivity contribution in [1.29, 1.82) is 0 Å². The molecular weight excluding hydrogens is 464 g/mol. The van der Waals surface area contributed by atoms with Crippen LogP contribution in [0.5, 0.6) is 11.8 Å². The lowest BCUT2D eigenvalue weighted by Gasteiger charge is -2.31. The van der Waals surface area contributed by atoms with Gasteiger partial charge < -0.3 is 19.9 Å². The molecule has 2 aliphatic heterocycles. The van der Waals surface area contributed by atoms with Crippen LogP contribution in [-0.2, 0) is 4.74 Å². The lowest BCUT2D eigenvalue weighted by molar-refractivity contribution is 0.108. The van der Waals surface area contributed by atoms with Gasteiger partial charge in [-0.1, -0.05) is 30.3 Å². The van der Waals surface area contributed by atoms with Crippen molar-refractivity contribution in [3.8, 4) is 22.9 Å². The van der Waals surface area contributed by atoms with Gasteiger partial charge in [-0.15, -0.1) is 0 Å². The molecule has 4 aromatic rings. The topological polar surface area (TPSA) is 79.7 Å². The Kier molecular flexibility index (Phi) is 6.34. The zero-order valence-corrected chi connectivity index (χ0v) is 21.6. The molecule has 2 fully saturated rings. The minimum Gasteiger partial charge on any atom is -0.508 e. The third-order valence-electron chi connectivity index (χ3n) is 8.12. The van der Waals surface area contributed by atoms with Crippen molar-refractivity contribution in [2.24, 2.45) is 0 Å². The minimum atomic E-state index is 0.124. The monoisotopic (exact) mass is 498 g/mol. The van der Waals surface area contributed by atoms with E-state index >= 15 is 0 Å². The molecule has 2 aliphatic rings. The maximum atomic E-state index is 10.5. The van der Waals surface area contributed by atoms with E-state index in [9.17, 15) is 5.11 Å². The molecular formula is C30H34N4O3. The third-order valence-corrected chi connectivity index (χ3v) is 8.12. The van der Waals surface area contributed by atoms with Gasteiger partial charge in [0, 0.05) is 19.0 Å². The van der Waals surface area contributed by atoms with Gasteiger partial charge in [0.2, 0.25) is 0 Å². The summed E-state index contributed by atoms with van der Waals surface area (Å²) in [7, 11) is 1.69. The van der Waals surface area contributed by atoms with Crippen LogP contribution >= 0.6 is 0 Å². The minimum absolute atomic E-state index is 0.124. The Bertz CT molecular complexity index is 1440. The molecule has 0 amide bonds. The summed E-state index contributed by atoms with van der Waals surface area (Å²) in [6, 6.07) is 16.3. The van der Waals surface area contributed by atoms with Crippen molar-refractivity contribution >= 4 is 27.5 Å². The van der Waals surface area contributed by atoms with Crippen molar-refractivity contribution < 1.29 is 14.6 Å². The van der Waals surface area contributed by atoms with E-state index in [-0.39, 0.29) is 11.3 Å². The third kappa shape index (κ3) is 4.36. The highest BCUT2D eigenvalue weighted by Gasteiger charge is 2.45. The molecule has 7 nitrogen and oxygen atoms in total. The molecule has 0 aliphatic carbocycles. The van der Waals surface area contributed by atoms with E-state index in [1.54, 1.807) is 13.2 Å². The molecule has 0 unspecified atom stereocenters. The zero-order chi connectivity index (χ0) is 25.4. The number of nitrogens with one attached hydrogen (secondary N) is 1. The van der Waals surface area contributed by atoms with Crippen molar-refractivity contribution in [2.75, 3.05) is 45.3 Å². The predicted octanol–water partition coefficient (Wildman–Crippen LogP) is 5.53. The van der Waals surface area contributed by atoms with E-state index in [0.717, 1.165) is 57.3 Å². The maximum absolute atomic E-state index is 10.5. The van der Waals surface area contributed by atoms with Crippen LogP contribution in [0.1, 0.15) is 31.2 Å². The number of hydrogen-bond acceptors (Lipinski definition) is 7. The van der Waals surface area contributed by atoms with Crippen LogP contribution in [0.15, 0.2) is 48.5 Å². The molecule has 37 heavy (non-hydrogen) atoms. The number of aromatic nitrogens is 2. The van der Waals surface area contributed by atoms with Crippen molar-refractivity contribution in [1.82, 2.24) is 14.9 Å². The van der Waals surface area contributed by atoms with Crippen molar-refractivity contribution in [3.63, 3.8) is 0 Å². The molecule has 7 heteroatoms. The zero-order valence-electron chi connectivity index (χ0n) is 21.6. The second kappa shape index (κ2) is 9.80. The van der Waals surface area contributed by atoms with Gasteiger partial charge in [-0.2, -0.15) is 9.97 Å². The standard InChI is InChI=1S/C30H34N4O3/c1-20-23(26-18-22(35)17-21-7-3-4-8-24(21)26)9-10-25-27(20)32-29(33-28(25)31-13-16-36-2)37-19-30-11-5-14-34(30)15-6-12-30/h3-4,7-10,17-18,35H,5-6,11-16,19H2,1-2H3,(H,31,32,33). The van der Waals surface area contributed by atoms with E-state index in [4.69, 9.17) is 19.4 Å². The fourth-order valence-corrected chi connectivity index (χ4v) is 6.25. The number of aryl methyl sites for hydroxylation is 1. The number of benzene rings is 3. The Labute approximate surface area is 217 Å². The highest BCUT2D eigenvalue weighted by molar-refractivity contribution is 6.02. The van der Waals surface area contributed by atoms with Gasteiger partial charge in [0.1, 0.15) is 18.2 Å². The Balaban J connectivity index is 1.43. The maximum Gasteiger partial charge on any atom is 0.319 e. The molecule has 0 spiro atoms. The Morgan fingerprint density at radius 1 is 1.00 bits per heavy atom. The highest BCUT2D eigenvalue weighted by Crippen LogP contribution is 2.40. The first-order chi connectivity index (χ1) is 18.1. The van der Waals surface area contributed by atoms with E-state index in [2.05, 4.69) is 35.3 Å². The van der Waals surface area contributed by atoms with E-state index in [1.165, 1.54) is 25.7 Å². The molecule has 0 radical (unpaired) electrons. The number of rotatable bonds is 8. The van der Waals surface area contributed by atoms with Crippen LogP contribution in [0.25, 0.3) is 32.8 Å². The number of hydrogen-bond donors (Lipinski definition) is 2. The number of phenols is 1. The lowest BCUT2D eigenvalue weighted by atomic mass is 9.93. The molecule has 192 valence electrons. The van der Waals surface area contributed by atoms with Crippen LogP contribution in [-0.4, -0.2) is 65.5 Å². The lowest BCUT2D eigenvalue weighted by Crippen LogP contribution is -2.43. The highest BCUT2D eigenvalue weighted by atomic mass is 16.5. The second-order valence-corrected chi connectivity index (χ2v) is 10.3. The summed E-state index contributed by atoms with van der Waals surface area (Å²) in [5.74, 6) is 0.999. The summed E-state index contributed by atoms with van der Waals surface area (Å²) >= 11 is 0. The number of methoxy groups -OCH3 is 1. The number of phenolic OH excluding ortho intramolecular Hbond substituents is 1. The summed E-state index contributed by atoms with van der Waals surface area (Å²) in [6.07, 6.45) is 4.80. The van der Waals surface area contributed by atoms with E-state index in [1.807, 2.05) is 24.3 Å². The van der Waals surface area contributed by atoms with Gasteiger partial charge in [0.15, 0.2) is 0 Å². The number of aromatic hydroxyl groups is 1. The Hall–Kier alpha value is -3.42. The molecule has 2 N–H and O–H groups in total. The van der Waals surface area contributed by atoms with E-state index < -0.39 is 0 Å². The van der Waals surface area contributed by atoms with Gasteiger partial charge in [0.05, 0.1) is 17.7 Å². The van der Waals surface area contributed by atoms with E-state index in [0.29, 0.717) is 25.8 Å². The van der Waals surface area contributed by atoms with Crippen LogP contribution in [0.2, 0.25) is 0 Å². The predicted molar refractivity (Wildman–Crippen MR) is 148 cm³/mol. The van der Waals surface area contributed by atoms with Crippen LogP contribution in [0.3, 0.4) is 0 Å². The average molecular weight is 499 g/mol. The van der Waals surface area contributed by atoms with Crippen molar-refractivity contribution in [3.05, 3.63) is 54.1 Å². The van der Waals surface area contributed by atoms with Crippen molar-refractivity contribution in [2.45, 2.75) is 38.1 Å². The summed E-state index contributed by atoms with van der Waals surface area (Å²) in [6.45, 7) is 6.23. The SMILES string of the molecule is COCCNc1nc(OCC23CCCN2CCC3)nc2c(C)c(-c3cc(O)cc4ccccc34)ccc12. The number of anilines is 1. The summed E-state index contributed by atoms with van der Waals surface area (Å²) < 4.78 is 11.6. The van der Waals surface area contributed by atoms with Gasteiger partial charge in [-0.3, -0.25) is 4.90 Å². The van der Waals surface area contributed by atoms with Gasteiger partial charge in [0.25, 0.3) is 0 Å². The fraction of sp³-hybridized carbons (Fsp3) is 0.400. The summed E-state index contributed by atoms with van der Waals surface area (Å²) in [4.78, 5) is 12.3. The average Bonchev–Trinajstić information content (AvgIpc) is 3.48. The number of ether oxygens (including phenoxy) is 2. The van der Waals surface area contributed by atoms with Crippen LogP contribution in [0.4, 0.5) is 5.82 Å². The first-order valence-electron chi connectivity index (χ1n) is 13.2. The molecule has 1 aromatic heterocycles. The smallest absolute Gasteiger partial charge is 0.319 e. The molecule has 3 heterocycles. The normalized spacial score (nSPS) is 16.9.